The van der Waals surface area contributed by atoms with E-state index in [1.165, 1.54) is 24.0 Å². The average molecular weight is 235 g/mol. The molecule has 2 aliphatic rings. The van der Waals surface area contributed by atoms with Crippen LogP contribution >= 0.6 is 11.6 Å². The summed E-state index contributed by atoms with van der Waals surface area (Å²) >= 11 is 5.97. The van der Waals surface area contributed by atoms with Crippen molar-refractivity contribution in [3.63, 3.8) is 0 Å². The molecule has 0 amide bonds. The molecule has 3 rings (SSSR count). The molecule has 1 N–H and O–H groups in total. The van der Waals surface area contributed by atoms with Crippen molar-refractivity contribution >= 4 is 17.2 Å². The van der Waals surface area contributed by atoms with Gasteiger partial charge in [0.2, 0.25) is 0 Å². The minimum Gasteiger partial charge on any atom is -0.313 e. The monoisotopic (exact) mass is 234 g/mol. The second-order valence-electron chi connectivity index (χ2n) is 4.65. The summed E-state index contributed by atoms with van der Waals surface area (Å²) in [5, 5.41) is 4.31. The first-order valence-electron chi connectivity index (χ1n) is 5.88. The van der Waals surface area contributed by atoms with E-state index in [9.17, 15) is 0 Å². The summed E-state index contributed by atoms with van der Waals surface area (Å²) in [6.45, 7) is 1.16. The van der Waals surface area contributed by atoms with Crippen LogP contribution in [-0.2, 0) is 0 Å². The van der Waals surface area contributed by atoms with Gasteiger partial charge in [0.1, 0.15) is 0 Å². The number of aromatic nitrogens is 1. The van der Waals surface area contributed by atoms with Crippen LogP contribution in [0.5, 0.6) is 0 Å². The number of fused-ring (bicyclic) bond motifs is 1. The van der Waals surface area contributed by atoms with Gasteiger partial charge in [0.25, 0.3) is 0 Å². The quantitative estimate of drug-likeness (QED) is 0.808. The highest BCUT2D eigenvalue weighted by atomic mass is 35.5. The van der Waals surface area contributed by atoms with Gasteiger partial charge in [-0.05, 0) is 48.9 Å². The van der Waals surface area contributed by atoms with Crippen LogP contribution in [-0.4, -0.2) is 17.6 Å². The van der Waals surface area contributed by atoms with E-state index in [-0.39, 0.29) is 0 Å². The number of hydrogen-bond acceptors (Lipinski definition) is 2. The van der Waals surface area contributed by atoms with Crippen LogP contribution in [0, 0.1) is 5.92 Å². The predicted octanol–water partition coefficient (Wildman–Crippen LogP) is 2.89. The Morgan fingerprint density at radius 2 is 2.31 bits per heavy atom. The van der Waals surface area contributed by atoms with Gasteiger partial charge in [0.15, 0.2) is 0 Å². The zero-order chi connectivity index (χ0) is 11.0. The van der Waals surface area contributed by atoms with Gasteiger partial charge in [-0.1, -0.05) is 17.7 Å². The van der Waals surface area contributed by atoms with Gasteiger partial charge < -0.3 is 5.32 Å². The molecule has 2 nitrogen and oxygen atoms in total. The molecule has 0 bridgehead atoms. The van der Waals surface area contributed by atoms with Crippen LogP contribution in [0.25, 0.3) is 5.57 Å². The predicted molar refractivity (Wildman–Crippen MR) is 66.4 cm³/mol. The fourth-order valence-corrected chi connectivity index (χ4v) is 2.94. The summed E-state index contributed by atoms with van der Waals surface area (Å²) < 4.78 is 0. The Kier molecular flexibility index (Phi) is 2.70. The average Bonchev–Trinajstić information content (AvgIpc) is 2.72. The third kappa shape index (κ3) is 1.87. The van der Waals surface area contributed by atoms with Gasteiger partial charge >= 0.3 is 0 Å². The maximum absolute atomic E-state index is 5.97. The lowest BCUT2D eigenvalue weighted by molar-refractivity contribution is 0.348. The summed E-state index contributed by atoms with van der Waals surface area (Å²) in [6.07, 6.45) is 9.73. The fraction of sp³-hybridized carbons (Fsp3) is 0.462. The van der Waals surface area contributed by atoms with Crippen molar-refractivity contribution < 1.29 is 0 Å². The van der Waals surface area contributed by atoms with Gasteiger partial charge in [0.05, 0.1) is 5.02 Å². The Labute approximate surface area is 101 Å². The van der Waals surface area contributed by atoms with E-state index < -0.39 is 0 Å². The highest BCUT2D eigenvalue weighted by Gasteiger charge is 2.29. The van der Waals surface area contributed by atoms with Crippen molar-refractivity contribution in [1.29, 1.82) is 0 Å². The lowest BCUT2D eigenvalue weighted by Crippen LogP contribution is -2.37. The molecule has 84 valence electrons. The van der Waals surface area contributed by atoms with Crippen LogP contribution in [0.15, 0.2) is 24.5 Å². The van der Waals surface area contributed by atoms with Gasteiger partial charge in [-0.15, -0.1) is 0 Å². The molecule has 1 aromatic heterocycles. The second kappa shape index (κ2) is 4.19. The highest BCUT2D eigenvalue weighted by molar-refractivity contribution is 6.30. The Hall–Kier alpha value is -0.860. The summed E-state index contributed by atoms with van der Waals surface area (Å²) in [4.78, 5) is 4.15. The Morgan fingerprint density at radius 3 is 3.12 bits per heavy atom. The molecular formula is C13H15ClN2. The Bertz CT molecular complexity index is 428. The summed E-state index contributed by atoms with van der Waals surface area (Å²) in [5.41, 5.74) is 2.59. The van der Waals surface area contributed by atoms with Crippen molar-refractivity contribution in [2.24, 2.45) is 5.92 Å². The number of rotatable bonds is 1. The fourth-order valence-electron chi connectivity index (χ4n) is 2.77. The number of hydrogen-bond donors (Lipinski definition) is 1. The minimum absolute atomic E-state index is 0.641. The molecule has 0 saturated carbocycles. The van der Waals surface area contributed by atoms with Gasteiger partial charge in [0, 0.05) is 18.4 Å². The first kappa shape index (κ1) is 10.3. The van der Waals surface area contributed by atoms with Crippen molar-refractivity contribution in [1.82, 2.24) is 10.3 Å². The maximum Gasteiger partial charge on any atom is 0.0595 e. The molecule has 0 radical (unpaired) electrons. The maximum atomic E-state index is 5.97. The van der Waals surface area contributed by atoms with Crippen LogP contribution < -0.4 is 5.32 Å². The van der Waals surface area contributed by atoms with E-state index in [2.05, 4.69) is 16.4 Å². The number of pyridine rings is 1. The molecule has 2 atom stereocenters. The third-order valence-corrected chi connectivity index (χ3v) is 3.78. The van der Waals surface area contributed by atoms with E-state index in [1.54, 1.807) is 6.20 Å². The van der Waals surface area contributed by atoms with Crippen molar-refractivity contribution in [2.75, 3.05) is 6.54 Å². The lowest BCUT2D eigenvalue weighted by Gasteiger charge is -2.25. The molecule has 0 spiro atoms. The number of nitrogens with zero attached hydrogens (tertiary/aromatic N) is 1. The molecule has 3 heteroatoms. The third-order valence-electron chi connectivity index (χ3n) is 3.57. The minimum atomic E-state index is 0.641. The standard InChI is InChI=1S/C13H15ClN2/c14-12-5-11(7-15-8-12)10-4-9-2-1-3-16-13(9)6-10/h4-5,7-9,13,16H,1-3,6H2/t9-,13+/m1/s1. The Morgan fingerprint density at radius 1 is 1.38 bits per heavy atom. The van der Waals surface area contributed by atoms with E-state index >= 15 is 0 Å². The number of nitrogens with one attached hydrogen (secondary N) is 1. The normalized spacial score (nSPS) is 28.7. The summed E-state index contributed by atoms with van der Waals surface area (Å²) in [5.74, 6) is 0.711. The van der Waals surface area contributed by atoms with E-state index in [1.807, 2.05) is 12.3 Å². The van der Waals surface area contributed by atoms with Crippen LogP contribution in [0.2, 0.25) is 5.02 Å². The molecule has 1 saturated heterocycles. The first-order valence-corrected chi connectivity index (χ1v) is 6.26. The molecule has 1 aromatic rings. The van der Waals surface area contributed by atoms with Crippen molar-refractivity contribution in [3.8, 4) is 0 Å². The van der Waals surface area contributed by atoms with Crippen LogP contribution in [0.1, 0.15) is 24.8 Å². The topological polar surface area (TPSA) is 24.9 Å². The van der Waals surface area contributed by atoms with E-state index in [0.717, 1.165) is 18.0 Å². The van der Waals surface area contributed by atoms with Crippen molar-refractivity contribution in [3.05, 3.63) is 35.1 Å². The molecule has 0 aromatic carbocycles. The highest BCUT2D eigenvalue weighted by Crippen LogP contribution is 2.36. The molecule has 2 heterocycles. The molecule has 0 unspecified atom stereocenters. The first-order chi connectivity index (χ1) is 7.83. The smallest absolute Gasteiger partial charge is 0.0595 e. The largest absolute Gasteiger partial charge is 0.313 e. The Balaban J connectivity index is 1.86. The zero-order valence-corrected chi connectivity index (χ0v) is 9.87. The van der Waals surface area contributed by atoms with Crippen LogP contribution in [0.3, 0.4) is 0 Å². The lowest BCUT2D eigenvalue weighted by atomic mass is 9.94. The molecular weight excluding hydrogens is 220 g/mol. The van der Waals surface area contributed by atoms with Crippen LogP contribution in [0.4, 0.5) is 0 Å². The molecule has 1 aliphatic heterocycles. The molecule has 1 fully saturated rings. The van der Waals surface area contributed by atoms with E-state index in [4.69, 9.17) is 11.6 Å². The van der Waals surface area contributed by atoms with Gasteiger partial charge in [-0.25, -0.2) is 0 Å². The zero-order valence-electron chi connectivity index (χ0n) is 9.12. The number of piperidine rings is 1. The van der Waals surface area contributed by atoms with Crippen molar-refractivity contribution in [2.45, 2.75) is 25.3 Å². The second-order valence-corrected chi connectivity index (χ2v) is 5.09. The summed E-state index contributed by atoms with van der Waals surface area (Å²) in [7, 11) is 0. The molecule has 16 heavy (non-hydrogen) atoms. The van der Waals surface area contributed by atoms with E-state index in [0.29, 0.717) is 12.0 Å². The number of halogens is 1. The van der Waals surface area contributed by atoms with Gasteiger partial charge in [-0.2, -0.15) is 0 Å². The van der Waals surface area contributed by atoms with Gasteiger partial charge in [-0.3, -0.25) is 4.98 Å². The molecule has 1 aliphatic carbocycles. The summed E-state index contributed by atoms with van der Waals surface area (Å²) in [6, 6.07) is 2.65. The SMILES string of the molecule is Clc1cncc(C2=C[C@H]3CCCN[C@H]3C2)c1.